The SMILES string of the molecule is O=C(O)CC1CC(NC(=O)c2ccc(F)c3cnn(Cc4ccc(I)cc4)c23)C1. The second-order valence-corrected chi connectivity index (χ2v) is 8.64. The van der Waals surface area contributed by atoms with Crippen molar-refractivity contribution in [2.45, 2.75) is 31.8 Å². The van der Waals surface area contributed by atoms with E-state index in [1.807, 2.05) is 24.3 Å². The van der Waals surface area contributed by atoms with Crippen LogP contribution in [0.3, 0.4) is 0 Å². The molecular weight excluding hydrogens is 488 g/mol. The van der Waals surface area contributed by atoms with Gasteiger partial charge in [-0.1, -0.05) is 12.1 Å². The van der Waals surface area contributed by atoms with E-state index < -0.39 is 11.8 Å². The minimum Gasteiger partial charge on any atom is -0.481 e. The Morgan fingerprint density at radius 1 is 1.21 bits per heavy atom. The summed E-state index contributed by atoms with van der Waals surface area (Å²) in [6.07, 6.45) is 2.85. The zero-order valence-corrected chi connectivity index (χ0v) is 17.6. The number of aromatic nitrogens is 2. The number of fused-ring (bicyclic) bond motifs is 1. The van der Waals surface area contributed by atoms with Crippen LogP contribution in [0, 0.1) is 15.3 Å². The van der Waals surface area contributed by atoms with Gasteiger partial charge in [-0.05, 0) is 71.2 Å². The van der Waals surface area contributed by atoms with Gasteiger partial charge in [-0.2, -0.15) is 5.10 Å². The van der Waals surface area contributed by atoms with Gasteiger partial charge in [0.25, 0.3) is 5.91 Å². The zero-order chi connectivity index (χ0) is 20.5. The van der Waals surface area contributed by atoms with Crippen LogP contribution < -0.4 is 5.32 Å². The van der Waals surface area contributed by atoms with E-state index in [4.69, 9.17) is 5.11 Å². The number of hydrogen-bond acceptors (Lipinski definition) is 3. The van der Waals surface area contributed by atoms with Crippen LogP contribution in [0.25, 0.3) is 10.9 Å². The molecule has 0 spiro atoms. The normalized spacial score (nSPS) is 18.4. The molecule has 29 heavy (non-hydrogen) atoms. The molecule has 3 aromatic rings. The Balaban J connectivity index is 1.57. The standard InChI is InChI=1S/C21H19FIN3O3/c22-18-6-5-16(21(29)25-15-7-13(8-15)9-19(27)28)20-17(18)10-24-26(20)11-12-1-3-14(23)4-2-12/h1-6,10,13,15H,7-9,11H2,(H,25,29)(H,27,28). The molecule has 0 saturated heterocycles. The van der Waals surface area contributed by atoms with E-state index in [1.165, 1.54) is 18.3 Å². The zero-order valence-electron chi connectivity index (χ0n) is 15.4. The highest BCUT2D eigenvalue weighted by Crippen LogP contribution is 2.31. The first-order chi connectivity index (χ1) is 13.9. The van der Waals surface area contributed by atoms with Gasteiger partial charge in [-0.3, -0.25) is 14.3 Å². The van der Waals surface area contributed by atoms with Gasteiger partial charge in [0.2, 0.25) is 0 Å². The van der Waals surface area contributed by atoms with E-state index in [0.717, 1.165) is 9.13 Å². The minimum atomic E-state index is -0.820. The Labute approximate surface area is 180 Å². The number of carbonyl (C=O) groups is 2. The molecule has 0 atom stereocenters. The highest BCUT2D eigenvalue weighted by Gasteiger charge is 2.32. The summed E-state index contributed by atoms with van der Waals surface area (Å²) in [7, 11) is 0. The van der Waals surface area contributed by atoms with Crippen LogP contribution in [0.2, 0.25) is 0 Å². The van der Waals surface area contributed by atoms with E-state index in [9.17, 15) is 14.0 Å². The number of carbonyl (C=O) groups excluding carboxylic acids is 1. The number of aliphatic carboxylic acids is 1. The van der Waals surface area contributed by atoms with Crippen LogP contribution in [0.1, 0.15) is 35.2 Å². The molecule has 0 bridgehead atoms. The van der Waals surface area contributed by atoms with Gasteiger partial charge in [0.05, 0.1) is 29.2 Å². The lowest BCUT2D eigenvalue weighted by Crippen LogP contribution is -2.45. The van der Waals surface area contributed by atoms with E-state index in [1.54, 1.807) is 4.68 Å². The van der Waals surface area contributed by atoms with Crippen LogP contribution in [0.15, 0.2) is 42.6 Å². The molecule has 1 saturated carbocycles. The van der Waals surface area contributed by atoms with Gasteiger partial charge in [0.1, 0.15) is 5.82 Å². The van der Waals surface area contributed by atoms with Crippen molar-refractivity contribution in [2.24, 2.45) is 5.92 Å². The van der Waals surface area contributed by atoms with Crippen LogP contribution in [0.4, 0.5) is 4.39 Å². The lowest BCUT2D eigenvalue weighted by molar-refractivity contribution is -0.138. The van der Waals surface area contributed by atoms with Crippen LogP contribution in [-0.4, -0.2) is 32.8 Å². The van der Waals surface area contributed by atoms with E-state index in [-0.39, 0.29) is 24.3 Å². The minimum absolute atomic E-state index is 0.0560. The largest absolute Gasteiger partial charge is 0.481 e. The summed E-state index contributed by atoms with van der Waals surface area (Å²) >= 11 is 2.23. The van der Waals surface area contributed by atoms with Gasteiger partial charge in [-0.15, -0.1) is 0 Å². The summed E-state index contributed by atoms with van der Waals surface area (Å²) in [6, 6.07) is 10.6. The van der Waals surface area contributed by atoms with Crippen molar-refractivity contribution in [1.29, 1.82) is 0 Å². The predicted molar refractivity (Wildman–Crippen MR) is 114 cm³/mol. The van der Waals surface area contributed by atoms with Crippen molar-refractivity contribution in [3.8, 4) is 0 Å². The Kier molecular flexibility index (Phi) is 5.53. The van der Waals surface area contributed by atoms with Crippen LogP contribution in [-0.2, 0) is 11.3 Å². The first-order valence-corrected chi connectivity index (χ1v) is 10.4. The summed E-state index contributed by atoms with van der Waals surface area (Å²) in [5.41, 5.74) is 1.83. The summed E-state index contributed by atoms with van der Waals surface area (Å²) in [6.45, 7) is 0.425. The summed E-state index contributed by atoms with van der Waals surface area (Å²) in [4.78, 5) is 23.6. The number of benzene rings is 2. The second-order valence-electron chi connectivity index (χ2n) is 7.39. The number of carboxylic acids is 1. The van der Waals surface area contributed by atoms with Crippen molar-refractivity contribution in [2.75, 3.05) is 0 Å². The average molecular weight is 507 g/mol. The van der Waals surface area contributed by atoms with Crippen molar-refractivity contribution in [3.63, 3.8) is 0 Å². The predicted octanol–water partition coefficient (Wildman–Crippen LogP) is 3.81. The van der Waals surface area contributed by atoms with Crippen molar-refractivity contribution >= 4 is 45.4 Å². The van der Waals surface area contributed by atoms with E-state index >= 15 is 0 Å². The topological polar surface area (TPSA) is 84.2 Å². The number of nitrogens with zero attached hydrogens (tertiary/aromatic N) is 2. The quantitative estimate of drug-likeness (QED) is 0.498. The lowest BCUT2D eigenvalue weighted by Gasteiger charge is -2.35. The third kappa shape index (κ3) is 4.26. The maximum absolute atomic E-state index is 14.3. The fourth-order valence-corrected chi connectivity index (χ4v) is 4.13. The number of hydrogen-bond donors (Lipinski definition) is 2. The molecule has 1 aliphatic rings. The molecule has 2 N–H and O–H groups in total. The van der Waals surface area contributed by atoms with Gasteiger partial charge < -0.3 is 10.4 Å². The highest BCUT2D eigenvalue weighted by atomic mass is 127. The van der Waals surface area contributed by atoms with Crippen LogP contribution >= 0.6 is 22.6 Å². The summed E-state index contributed by atoms with van der Waals surface area (Å²) < 4.78 is 17.1. The van der Waals surface area contributed by atoms with Crippen LogP contribution in [0.5, 0.6) is 0 Å². The average Bonchev–Trinajstić information content (AvgIpc) is 3.06. The second kappa shape index (κ2) is 8.10. The first kappa shape index (κ1) is 19.8. The monoisotopic (exact) mass is 507 g/mol. The summed E-state index contributed by atoms with van der Waals surface area (Å²) in [5, 5.41) is 16.4. The van der Waals surface area contributed by atoms with Gasteiger partial charge in [-0.25, -0.2) is 4.39 Å². The van der Waals surface area contributed by atoms with E-state index in [0.29, 0.717) is 35.9 Å². The lowest BCUT2D eigenvalue weighted by atomic mass is 9.78. The van der Waals surface area contributed by atoms with Crippen molar-refractivity contribution in [3.05, 3.63) is 63.1 Å². The Hall–Kier alpha value is -2.49. The number of carboxylic acid groups (broad SMARTS) is 1. The third-order valence-electron chi connectivity index (χ3n) is 5.27. The molecule has 4 rings (SSSR count). The fourth-order valence-electron chi connectivity index (χ4n) is 3.77. The molecule has 1 heterocycles. The Bertz CT molecular complexity index is 1070. The molecule has 0 radical (unpaired) electrons. The maximum atomic E-state index is 14.3. The molecule has 0 unspecified atom stereocenters. The molecule has 1 fully saturated rings. The molecule has 1 aromatic heterocycles. The first-order valence-electron chi connectivity index (χ1n) is 9.32. The maximum Gasteiger partial charge on any atom is 0.303 e. The van der Waals surface area contributed by atoms with Gasteiger partial charge >= 0.3 is 5.97 Å². The molecular formula is C21H19FIN3O3. The van der Waals surface area contributed by atoms with Crippen molar-refractivity contribution in [1.82, 2.24) is 15.1 Å². The molecule has 6 nitrogen and oxygen atoms in total. The van der Waals surface area contributed by atoms with Gasteiger partial charge in [0.15, 0.2) is 0 Å². The van der Waals surface area contributed by atoms with Crippen molar-refractivity contribution < 1.29 is 19.1 Å². The number of amides is 1. The highest BCUT2D eigenvalue weighted by molar-refractivity contribution is 14.1. The fraction of sp³-hybridized carbons (Fsp3) is 0.286. The summed E-state index contributed by atoms with van der Waals surface area (Å²) in [5.74, 6) is -1.44. The smallest absolute Gasteiger partial charge is 0.303 e. The molecule has 150 valence electrons. The number of rotatable bonds is 6. The Morgan fingerprint density at radius 2 is 1.93 bits per heavy atom. The number of halogens is 2. The molecule has 1 aliphatic carbocycles. The molecule has 1 amide bonds. The molecule has 0 aliphatic heterocycles. The molecule has 2 aromatic carbocycles. The Morgan fingerprint density at radius 3 is 2.62 bits per heavy atom. The number of nitrogens with one attached hydrogen (secondary N) is 1. The van der Waals surface area contributed by atoms with E-state index in [2.05, 4.69) is 33.0 Å². The van der Waals surface area contributed by atoms with Gasteiger partial charge in [0, 0.05) is 16.0 Å². The third-order valence-corrected chi connectivity index (χ3v) is 5.99. The molecule has 8 heteroatoms.